The molecule has 0 atom stereocenters. The molecule has 1 saturated carbocycles. The zero-order valence-electron chi connectivity index (χ0n) is 13.6. The minimum atomic E-state index is -0.166. The molecule has 1 aliphatic carbocycles. The fourth-order valence-electron chi connectivity index (χ4n) is 3.88. The van der Waals surface area contributed by atoms with E-state index in [1.165, 1.54) is 12.0 Å². The molecule has 120 valence electrons. The minimum absolute atomic E-state index is 0.0751. The Hall–Kier alpha value is -2.82. The van der Waals surface area contributed by atoms with Gasteiger partial charge in [0.1, 0.15) is 5.69 Å². The van der Waals surface area contributed by atoms with Gasteiger partial charge in [0.15, 0.2) is 12.2 Å². The second kappa shape index (κ2) is 4.38. The number of carbonyl (C=O) groups is 1. The molecule has 5 rings (SSSR count). The Morgan fingerprint density at radius 3 is 2.79 bits per heavy atom. The fourth-order valence-corrected chi connectivity index (χ4v) is 3.88. The third-order valence-electron chi connectivity index (χ3n) is 5.40. The maximum Gasteiger partial charge on any atom is 0.271 e. The Morgan fingerprint density at radius 1 is 1.25 bits per heavy atom. The van der Waals surface area contributed by atoms with Gasteiger partial charge in [-0.15, -0.1) is 0 Å². The van der Waals surface area contributed by atoms with Gasteiger partial charge in [0.05, 0.1) is 16.9 Å². The van der Waals surface area contributed by atoms with Crippen LogP contribution in [0, 0.1) is 6.92 Å². The van der Waals surface area contributed by atoms with Gasteiger partial charge in [0, 0.05) is 24.4 Å². The molecule has 1 amide bonds. The molecule has 0 radical (unpaired) electrons. The molecule has 0 bridgehead atoms. The summed E-state index contributed by atoms with van der Waals surface area (Å²) >= 11 is 0. The molecule has 1 aromatic carbocycles. The summed E-state index contributed by atoms with van der Waals surface area (Å²) in [7, 11) is 1.91. The van der Waals surface area contributed by atoms with Crippen molar-refractivity contribution in [1.82, 2.24) is 14.5 Å². The third kappa shape index (κ3) is 1.59. The SMILES string of the molecule is Cc1ncoc1-c1ccc2c(c1)-n1cccc1C(=O)N(C)C21CC1. The maximum absolute atomic E-state index is 12.9. The summed E-state index contributed by atoms with van der Waals surface area (Å²) in [5.74, 6) is 0.853. The number of aromatic nitrogens is 2. The van der Waals surface area contributed by atoms with Crippen LogP contribution in [0.5, 0.6) is 0 Å². The number of nitrogens with zero attached hydrogens (tertiary/aromatic N) is 3. The lowest BCUT2D eigenvalue weighted by molar-refractivity contribution is 0.0705. The average molecular weight is 319 g/mol. The van der Waals surface area contributed by atoms with E-state index < -0.39 is 0 Å². The lowest BCUT2D eigenvalue weighted by Crippen LogP contribution is -2.36. The normalized spacial score (nSPS) is 17.6. The van der Waals surface area contributed by atoms with E-state index in [0.29, 0.717) is 5.69 Å². The molecule has 0 unspecified atom stereocenters. The quantitative estimate of drug-likeness (QED) is 0.689. The minimum Gasteiger partial charge on any atom is -0.443 e. The van der Waals surface area contributed by atoms with Crippen molar-refractivity contribution < 1.29 is 9.21 Å². The van der Waals surface area contributed by atoms with Crippen molar-refractivity contribution in [1.29, 1.82) is 0 Å². The number of benzene rings is 1. The predicted octanol–water partition coefficient (Wildman–Crippen LogP) is 3.52. The van der Waals surface area contributed by atoms with E-state index in [4.69, 9.17) is 4.42 Å². The molecule has 0 saturated heterocycles. The molecule has 1 spiro atoms. The van der Waals surface area contributed by atoms with Crippen LogP contribution in [0.3, 0.4) is 0 Å². The lowest BCUT2D eigenvalue weighted by atomic mass is 9.98. The van der Waals surface area contributed by atoms with E-state index in [-0.39, 0.29) is 11.4 Å². The van der Waals surface area contributed by atoms with Gasteiger partial charge in [-0.3, -0.25) is 4.79 Å². The van der Waals surface area contributed by atoms with E-state index in [9.17, 15) is 4.79 Å². The molecule has 0 N–H and O–H groups in total. The molecule has 3 aromatic rings. The number of fused-ring (bicyclic) bond motifs is 4. The van der Waals surface area contributed by atoms with E-state index in [1.54, 1.807) is 0 Å². The molecule has 1 fully saturated rings. The van der Waals surface area contributed by atoms with Crippen molar-refractivity contribution in [2.45, 2.75) is 25.3 Å². The summed E-state index contributed by atoms with van der Waals surface area (Å²) in [6, 6.07) is 10.1. The first-order chi connectivity index (χ1) is 11.6. The molecular formula is C19H17N3O2. The van der Waals surface area contributed by atoms with Crippen molar-refractivity contribution in [3.05, 3.63) is 59.9 Å². The van der Waals surface area contributed by atoms with Crippen molar-refractivity contribution in [2.24, 2.45) is 0 Å². The van der Waals surface area contributed by atoms with Crippen molar-refractivity contribution in [2.75, 3.05) is 7.05 Å². The zero-order chi connectivity index (χ0) is 16.5. The van der Waals surface area contributed by atoms with Gasteiger partial charge in [-0.2, -0.15) is 0 Å². The molecule has 5 nitrogen and oxygen atoms in total. The Morgan fingerprint density at radius 2 is 2.08 bits per heavy atom. The third-order valence-corrected chi connectivity index (χ3v) is 5.40. The standard InChI is InChI=1S/C19H17N3O2/c1-12-17(24-11-20-12)13-5-6-14-16(10-13)22-9-3-4-15(22)18(23)21(2)19(14)7-8-19/h3-6,9-11H,7-8H2,1-2H3. The number of hydrogen-bond acceptors (Lipinski definition) is 3. The van der Waals surface area contributed by atoms with Crippen LogP contribution in [-0.4, -0.2) is 27.4 Å². The molecule has 5 heteroatoms. The maximum atomic E-state index is 12.9. The Labute approximate surface area is 139 Å². The van der Waals surface area contributed by atoms with Gasteiger partial charge in [-0.1, -0.05) is 12.1 Å². The molecule has 2 aliphatic rings. The average Bonchev–Trinajstić information content (AvgIpc) is 3.06. The van der Waals surface area contributed by atoms with Crippen LogP contribution < -0.4 is 0 Å². The van der Waals surface area contributed by atoms with Crippen molar-refractivity contribution in [3.8, 4) is 17.0 Å². The van der Waals surface area contributed by atoms with Crippen molar-refractivity contribution >= 4 is 5.91 Å². The number of hydrogen-bond donors (Lipinski definition) is 0. The van der Waals surface area contributed by atoms with Gasteiger partial charge >= 0.3 is 0 Å². The van der Waals surface area contributed by atoms with Crippen LogP contribution in [0.1, 0.15) is 34.6 Å². The van der Waals surface area contributed by atoms with Gasteiger partial charge in [-0.25, -0.2) is 4.98 Å². The van der Waals surface area contributed by atoms with E-state index in [2.05, 4.69) is 23.2 Å². The number of oxazole rings is 1. The highest BCUT2D eigenvalue weighted by Gasteiger charge is 2.53. The first-order valence-electron chi connectivity index (χ1n) is 8.13. The fraction of sp³-hybridized carbons (Fsp3) is 0.263. The molecule has 3 heterocycles. The summed E-state index contributed by atoms with van der Waals surface area (Å²) < 4.78 is 7.55. The smallest absolute Gasteiger partial charge is 0.271 e. The Bertz CT molecular complexity index is 978. The highest BCUT2D eigenvalue weighted by Crippen LogP contribution is 2.54. The molecule has 1 aliphatic heterocycles. The highest BCUT2D eigenvalue weighted by molar-refractivity contribution is 5.95. The second-order valence-corrected chi connectivity index (χ2v) is 6.66. The van der Waals surface area contributed by atoms with Gasteiger partial charge in [0.2, 0.25) is 0 Å². The van der Waals surface area contributed by atoms with Crippen LogP contribution in [0.15, 0.2) is 47.3 Å². The van der Waals surface area contributed by atoms with Crippen LogP contribution >= 0.6 is 0 Å². The summed E-state index contributed by atoms with van der Waals surface area (Å²) in [4.78, 5) is 19.0. The number of rotatable bonds is 1. The van der Waals surface area contributed by atoms with Gasteiger partial charge in [0.25, 0.3) is 5.91 Å². The van der Waals surface area contributed by atoms with E-state index in [1.807, 2.05) is 41.8 Å². The largest absolute Gasteiger partial charge is 0.443 e. The van der Waals surface area contributed by atoms with Crippen LogP contribution in [0.2, 0.25) is 0 Å². The first kappa shape index (κ1) is 13.6. The number of aryl methyl sites for hydroxylation is 1. The lowest BCUT2D eigenvalue weighted by Gasteiger charge is -2.27. The van der Waals surface area contributed by atoms with Crippen molar-refractivity contribution in [3.63, 3.8) is 0 Å². The van der Waals surface area contributed by atoms with Gasteiger partial charge in [-0.05, 0) is 38.0 Å². The molecule has 24 heavy (non-hydrogen) atoms. The summed E-state index contributed by atoms with van der Waals surface area (Å²) in [5.41, 5.74) is 4.64. The van der Waals surface area contributed by atoms with Crippen LogP contribution in [0.25, 0.3) is 17.0 Å². The van der Waals surface area contributed by atoms with Crippen LogP contribution in [-0.2, 0) is 5.54 Å². The van der Waals surface area contributed by atoms with E-state index in [0.717, 1.165) is 35.5 Å². The van der Waals surface area contributed by atoms with Crippen LogP contribution in [0.4, 0.5) is 0 Å². The Kier molecular flexibility index (Phi) is 2.48. The monoisotopic (exact) mass is 319 g/mol. The first-order valence-corrected chi connectivity index (χ1v) is 8.13. The number of carbonyl (C=O) groups excluding carboxylic acids is 1. The van der Waals surface area contributed by atoms with Gasteiger partial charge < -0.3 is 13.9 Å². The number of amides is 1. The molecule has 2 aromatic heterocycles. The van der Waals surface area contributed by atoms with E-state index >= 15 is 0 Å². The second-order valence-electron chi connectivity index (χ2n) is 6.66. The summed E-state index contributed by atoms with van der Waals surface area (Å²) in [6.45, 7) is 1.94. The Balaban J connectivity index is 1.80. The summed E-state index contributed by atoms with van der Waals surface area (Å²) in [6.07, 6.45) is 5.44. The summed E-state index contributed by atoms with van der Waals surface area (Å²) in [5, 5.41) is 0. The predicted molar refractivity (Wildman–Crippen MR) is 89.0 cm³/mol. The zero-order valence-corrected chi connectivity index (χ0v) is 13.6. The topological polar surface area (TPSA) is 51.3 Å². The molecular weight excluding hydrogens is 302 g/mol. The highest BCUT2D eigenvalue weighted by atomic mass is 16.3.